The Morgan fingerprint density at radius 3 is 2.32 bits per heavy atom. The van der Waals surface area contributed by atoms with Gasteiger partial charge in [0.15, 0.2) is 28.8 Å². The van der Waals surface area contributed by atoms with Crippen LogP contribution in [-0.2, 0) is 0 Å². The largest absolute Gasteiger partial charge is 0.454 e. The van der Waals surface area contributed by atoms with E-state index in [1.165, 1.54) is 0 Å². The van der Waals surface area contributed by atoms with Gasteiger partial charge in [-0.2, -0.15) is 0 Å². The lowest BCUT2D eigenvalue weighted by Gasteiger charge is -2.18. The molecule has 7 nitrogen and oxygen atoms in total. The number of Topliss-reactive ketones (excluding diaryl/α,β-unsaturated/α-hetero) is 1. The highest BCUT2D eigenvalue weighted by molar-refractivity contribution is 6.01. The van der Waals surface area contributed by atoms with Gasteiger partial charge in [0.2, 0.25) is 13.6 Å². The quantitative estimate of drug-likeness (QED) is 0.771. The molecule has 2 heterocycles. The van der Waals surface area contributed by atoms with Crippen molar-refractivity contribution in [1.29, 1.82) is 0 Å². The van der Waals surface area contributed by atoms with E-state index in [0.717, 1.165) is 5.56 Å². The number of carbonyl (C=O) groups excluding carboxylic acids is 1. The Labute approximate surface area is 144 Å². The van der Waals surface area contributed by atoms with Gasteiger partial charge in [0, 0.05) is 12.1 Å². The van der Waals surface area contributed by atoms with E-state index in [0.29, 0.717) is 28.6 Å². The monoisotopic (exact) mass is 343 g/mol. The Morgan fingerprint density at radius 1 is 0.960 bits per heavy atom. The number of ketones is 1. The van der Waals surface area contributed by atoms with Gasteiger partial charge in [-0.15, -0.1) is 0 Å². The summed E-state index contributed by atoms with van der Waals surface area (Å²) in [6.07, 6.45) is 0. The third-order valence-electron chi connectivity index (χ3n) is 4.11. The summed E-state index contributed by atoms with van der Waals surface area (Å²) in [5.74, 6) is 2.30. The van der Waals surface area contributed by atoms with Gasteiger partial charge in [0.25, 0.3) is 0 Å². The smallest absolute Gasteiger partial charge is 0.231 e. The van der Waals surface area contributed by atoms with Crippen LogP contribution in [-0.4, -0.2) is 37.6 Å². The fourth-order valence-electron chi connectivity index (χ4n) is 2.88. The molecule has 0 aliphatic carbocycles. The molecule has 0 saturated carbocycles. The topological polar surface area (TPSA) is 86.3 Å². The predicted molar refractivity (Wildman–Crippen MR) is 87.3 cm³/mol. The van der Waals surface area contributed by atoms with Crippen LogP contribution in [0.25, 0.3) is 0 Å². The number of ether oxygens (including phenoxy) is 4. The van der Waals surface area contributed by atoms with E-state index in [1.807, 2.05) is 6.07 Å². The molecule has 0 aromatic heterocycles. The first-order chi connectivity index (χ1) is 12.3. The molecule has 25 heavy (non-hydrogen) atoms. The molecule has 1 unspecified atom stereocenters. The van der Waals surface area contributed by atoms with Crippen LogP contribution in [0, 0.1) is 0 Å². The Hall–Kier alpha value is -2.77. The highest BCUT2D eigenvalue weighted by Crippen LogP contribution is 2.36. The van der Waals surface area contributed by atoms with Gasteiger partial charge < -0.3 is 29.4 Å². The number of fused-ring (bicyclic) bond motifs is 2. The van der Waals surface area contributed by atoms with E-state index in [4.69, 9.17) is 24.1 Å². The highest BCUT2D eigenvalue weighted by Gasteiger charge is 2.26. The predicted octanol–water partition coefficient (Wildman–Crippen LogP) is 1.65. The first-order valence-corrected chi connectivity index (χ1v) is 7.94. The number of nitrogens with one attached hydrogen (secondary N) is 1. The summed E-state index contributed by atoms with van der Waals surface area (Å²) in [5, 5.41) is 12.2. The van der Waals surface area contributed by atoms with Gasteiger partial charge in [-0.1, -0.05) is 6.07 Å². The minimum atomic E-state index is -0.623. The number of hydrogen-bond acceptors (Lipinski definition) is 7. The maximum atomic E-state index is 13.0. The third kappa shape index (κ3) is 2.99. The molecule has 2 aliphatic rings. The van der Waals surface area contributed by atoms with Crippen LogP contribution < -0.4 is 24.3 Å². The zero-order chi connectivity index (χ0) is 17.2. The number of aliphatic hydroxyl groups is 1. The van der Waals surface area contributed by atoms with E-state index in [-0.39, 0.29) is 32.5 Å². The molecule has 2 aromatic rings. The molecule has 0 saturated heterocycles. The summed E-state index contributed by atoms with van der Waals surface area (Å²) >= 11 is 0. The summed E-state index contributed by atoms with van der Waals surface area (Å²) < 4.78 is 21.3. The lowest BCUT2D eigenvalue weighted by atomic mass is 9.96. The molecule has 2 aliphatic heterocycles. The Morgan fingerprint density at radius 2 is 1.60 bits per heavy atom. The summed E-state index contributed by atoms with van der Waals surface area (Å²) in [6.45, 7) is 0.538. The standard InChI is InChI=1S/C18H17NO6/c20-6-5-19-17(11-1-3-13-15(7-11)24-9-22-13)18(21)12-2-4-14-16(8-12)25-10-23-14/h1-4,7-8,17,19-20H,5-6,9-10H2. The molecule has 0 amide bonds. The molecule has 130 valence electrons. The SMILES string of the molecule is O=C(c1ccc2c(c1)OCO2)C(NCCO)c1ccc2c(c1)OCO2. The van der Waals surface area contributed by atoms with Gasteiger partial charge in [-0.3, -0.25) is 4.79 Å². The molecule has 2 N–H and O–H groups in total. The van der Waals surface area contributed by atoms with Crippen LogP contribution in [0.3, 0.4) is 0 Å². The Balaban J connectivity index is 1.65. The zero-order valence-electron chi connectivity index (χ0n) is 13.4. The number of carbonyl (C=O) groups is 1. The fourth-order valence-corrected chi connectivity index (χ4v) is 2.88. The number of aliphatic hydroxyl groups excluding tert-OH is 1. The second kappa shape index (κ2) is 6.62. The van der Waals surface area contributed by atoms with Crippen LogP contribution in [0.4, 0.5) is 0 Å². The summed E-state index contributed by atoms with van der Waals surface area (Å²) in [6, 6.07) is 9.84. The minimum Gasteiger partial charge on any atom is -0.454 e. The van der Waals surface area contributed by atoms with Crippen LogP contribution in [0.1, 0.15) is 22.0 Å². The van der Waals surface area contributed by atoms with Gasteiger partial charge in [0.1, 0.15) is 0 Å². The minimum absolute atomic E-state index is 0.0739. The van der Waals surface area contributed by atoms with Crippen molar-refractivity contribution < 1.29 is 28.8 Å². The molecule has 4 rings (SSSR count). The van der Waals surface area contributed by atoms with Crippen molar-refractivity contribution in [2.45, 2.75) is 6.04 Å². The molecule has 0 radical (unpaired) electrons. The normalized spacial score (nSPS) is 15.2. The van der Waals surface area contributed by atoms with Crippen LogP contribution in [0.5, 0.6) is 23.0 Å². The average Bonchev–Trinajstić information content (AvgIpc) is 3.29. The molecular formula is C18H17NO6. The van der Waals surface area contributed by atoms with Gasteiger partial charge in [-0.25, -0.2) is 0 Å². The van der Waals surface area contributed by atoms with E-state index < -0.39 is 6.04 Å². The molecular weight excluding hydrogens is 326 g/mol. The van der Waals surface area contributed by atoms with E-state index in [9.17, 15) is 4.79 Å². The molecule has 7 heteroatoms. The number of hydrogen-bond donors (Lipinski definition) is 2. The maximum absolute atomic E-state index is 13.0. The van der Waals surface area contributed by atoms with Crippen molar-refractivity contribution in [3.05, 3.63) is 47.5 Å². The van der Waals surface area contributed by atoms with Gasteiger partial charge in [-0.05, 0) is 35.9 Å². The van der Waals surface area contributed by atoms with Crippen molar-refractivity contribution in [3.63, 3.8) is 0 Å². The van der Waals surface area contributed by atoms with E-state index in [2.05, 4.69) is 5.32 Å². The van der Waals surface area contributed by atoms with Gasteiger partial charge in [0.05, 0.1) is 12.6 Å². The van der Waals surface area contributed by atoms with Crippen molar-refractivity contribution in [2.75, 3.05) is 26.7 Å². The molecule has 0 bridgehead atoms. The summed E-state index contributed by atoms with van der Waals surface area (Å²) in [4.78, 5) is 13.0. The molecule has 1 atom stereocenters. The number of rotatable bonds is 6. The van der Waals surface area contributed by atoms with Crippen LogP contribution >= 0.6 is 0 Å². The Bertz CT molecular complexity index is 806. The summed E-state index contributed by atoms with van der Waals surface area (Å²) in [5.41, 5.74) is 1.23. The first-order valence-electron chi connectivity index (χ1n) is 7.94. The van der Waals surface area contributed by atoms with E-state index in [1.54, 1.807) is 30.3 Å². The van der Waals surface area contributed by atoms with Crippen LogP contribution in [0.2, 0.25) is 0 Å². The lowest BCUT2D eigenvalue weighted by Crippen LogP contribution is -2.31. The summed E-state index contributed by atoms with van der Waals surface area (Å²) in [7, 11) is 0. The molecule has 0 fully saturated rings. The molecule has 0 spiro atoms. The number of benzene rings is 2. The van der Waals surface area contributed by atoms with E-state index >= 15 is 0 Å². The van der Waals surface area contributed by atoms with Crippen molar-refractivity contribution in [2.24, 2.45) is 0 Å². The van der Waals surface area contributed by atoms with Crippen molar-refractivity contribution in [1.82, 2.24) is 5.32 Å². The van der Waals surface area contributed by atoms with Gasteiger partial charge >= 0.3 is 0 Å². The second-order valence-electron chi connectivity index (χ2n) is 5.66. The second-order valence-corrected chi connectivity index (χ2v) is 5.66. The lowest BCUT2D eigenvalue weighted by molar-refractivity contribution is 0.0939. The highest BCUT2D eigenvalue weighted by atomic mass is 16.7. The Kier molecular flexibility index (Phi) is 4.17. The third-order valence-corrected chi connectivity index (χ3v) is 4.11. The first kappa shape index (κ1) is 15.7. The van der Waals surface area contributed by atoms with Crippen molar-refractivity contribution in [3.8, 4) is 23.0 Å². The average molecular weight is 343 g/mol. The molecule has 2 aromatic carbocycles. The van der Waals surface area contributed by atoms with Crippen LogP contribution in [0.15, 0.2) is 36.4 Å². The zero-order valence-corrected chi connectivity index (χ0v) is 13.4. The maximum Gasteiger partial charge on any atom is 0.231 e. The fraction of sp³-hybridized carbons (Fsp3) is 0.278. The van der Waals surface area contributed by atoms with Crippen molar-refractivity contribution >= 4 is 5.78 Å².